The molecule has 2 rings (SSSR count). The van der Waals surface area contributed by atoms with Gasteiger partial charge in [0.2, 0.25) is 0 Å². The first-order valence-corrected chi connectivity index (χ1v) is 6.90. The number of nitrogens with zero attached hydrogens (tertiary/aromatic N) is 2. The van der Waals surface area contributed by atoms with Crippen LogP contribution in [-0.4, -0.2) is 33.2 Å². The first-order chi connectivity index (χ1) is 10.1. The van der Waals surface area contributed by atoms with E-state index in [-0.39, 0.29) is 11.7 Å². The molecule has 2 aromatic rings. The largest absolute Gasteiger partial charge is 0.476 e. The molecule has 8 heteroatoms. The lowest BCUT2D eigenvalue weighted by Gasteiger charge is -2.09. The van der Waals surface area contributed by atoms with Crippen molar-refractivity contribution < 1.29 is 14.7 Å². The number of benzene rings is 1. The standard InChI is InChI=1S/C13H13BrN4O3/c14-9-3-1-2-4-10(9)17-13(21)15-5-6-18-7-11(12(19)20)16-8-18/h1-4,7-8H,5-6H2,(H,19,20)(H2,15,17,21). The number of aromatic carboxylic acids is 1. The normalized spacial score (nSPS) is 10.1. The first-order valence-electron chi connectivity index (χ1n) is 6.10. The first kappa shape index (κ1) is 15.0. The van der Waals surface area contributed by atoms with Gasteiger partial charge < -0.3 is 20.3 Å². The zero-order valence-electron chi connectivity index (χ0n) is 10.9. The van der Waals surface area contributed by atoms with Gasteiger partial charge in [0.05, 0.1) is 12.0 Å². The predicted octanol–water partition coefficient (Wildman–Crippen LogP) is 2.17. The molecule has 1 heterocycles. The third-order valence-electron chi connectivity index (χ3n) is 2.63. The molecule has 0 aliphatic rings. The molecule has 2 amide bonds. The Balaban J connectivity index is 1.79. The summed E-state index contributed by atoms with van der Waals surface area (Å²) in [4.78, 5) is 26.1. The highest BCUT2D eigenvalue weighted by molar-refractivity contribution is 9.10. The fourth-order valence-electron chi connectivity index (χ4n) is 1.62. The summed E-state index contributed by atoms with van der Waals surface area (Å²) in [5.41, 5.74) is 0.651. The highest BCUT2D eigenvalue weighted by atomic mass is 79.9. The molecule has 1 aromatic carbocycles. The van der Waals surface area contributed by atoms with Crippen LogP contribution in [0.5, 0.6) is 0 Å². The summed E-state index contributed by atoms with van der Waals surface area (Å²) >= 11 is 3.34. The predicted molar refractivity (Wildman–Crippen MR) is 80.3 cm³/mol. The fourth-order valence-corrected chi connectivity index (χ4v) is 2.00. The van der Waals surface area contributed by atoms with E-state index in [2.05, 4.69) is 31.5 Å². The number of hydrogen-bond donors (Lipinski definition) is 3. The molecule has 0 aliphatic heterocycles. The van der Waals surface area contributed by atoms with Crippen LogP contribution in [0.3, 0.4) is 0 Å². The van der Waals surface area contributed by atoms with Crippen LogP contribution in [0.15, 0.2) is 41.3 Å². The number of carbonyl (C=O) groups is 2. The van der Waals surface area contributed by atoms with Crippen LogP contribution in [0, 0.1) is 0 Å². The second-order valence-electron chi connectivity index (χ2n) is 4.16. The van der Waals surface area contributed by atoms with Crippen molar-refractivity contribution in [2.24, 2.45) is 0 Å². The molecular weight excluding hydrogens is 340 g/mol. The number of halogens is 1. The van der Waals surface area contributed by atoms with Crippen molar-refractivity contribution in [1.82, 2.24) is 14.9 Å². The summed E-state index contributed by atoms with van der Waals surface area (Å²) in [6.45, 7) is 0.787. The van der Waals surface area contributed by atoms with Crippen LogP contribution >= 0.6 is 15.9 Å². The number of imidazole rings is 1. The number of anilines is 1. The molecule has 0 saturated heterocycles. The van der Waals surface area contributed by atoms with Gasteiger partial charge in [-0.05, 0) is 28.1 Å². The number of amides is 2. The summed E-state index contributed by atoms with van der Waals surface area (Å²) in [6, 6.07) is 6.94. The van der Waals surface area contributed by atoms with Gasteiger partial charge in [-0.15, -0.1) is 0 Å². The van der Waals surface area contributed by atoms with Gasteiger partial charge in [-0.25, -0.2) is 14.6 Å². The Hall–Kier alpha value is -2.35. The van der Waals surface area contributed by atoms with Gasteiger partial charge in [0, 0.05) is 23.8 Å². The van der Waals surface area contributed by atoms with Gasteiger partial charge in [-0.3, -0.25) is 0 Å². The summed E-state index contributed by atoms with van der Waals surface area (Å²) in [5.74, 6) is -1.08. The maximum Gasteiger partial charge on any atom is 0.356 e. The van der Waals surface area contributed by atoms with E-state index in [4.69, 9.17) is 5.11 Å². The number of para-hydroxylation sites is 1. The van der Waals surface area contributed by atoms with Gasteiger partial charge in [0.15, 0.2) is 5.69 Å². The van der Waals surface area contributed by atoms with Crippen molar-refractivity contribution in [2.75, 3.05) is 11.9 Å². The number of hydrogen-bond acceptors (Lipinski definition) is 3. The molecule has 0 fully saturated rings. The molecule has 7 nitrogen and oxygen atoms in total. The van der Waals surface area contributed by atoms with E-state index in [0.29, 0.717) is 18.8 Å². The lowest BCUT2D eigenvalue weighted by atomic mass is 10.3. The number of aromatic nitrogens is 2. The SMILES string of the molecule is O=C(NCCn1cnc(C(=O)O)c1)Nc1ccccc1Br. The van der Waals surface area contributed by atoms with Crippen LogP contribution in [0.2, 0.25) is 0 Å². The van der Waals surface area contributed by atoms with Gasteiger partial charge in [-0.1, -0.05) is 12.1 Å². The van der Waals surface area contributed by atoms with Crippen LogP contribution < -0.4 is 10.6 Å². The average Bonchev–Trinajstić information content (AvgIpc) is 2.90. The molecular formula is C13H13BrN4O3. The van der Waals surface area contributed by atoms with E-state index in [0.717, 1.165) is 4.47 Å². The van der Waals surface area contributed by atoms with Crippen LogP contribution in [0.1, 0.15) is 10.5 Å². The van der Waals surface area contributed by atoms with Gasteiger partial charge in [0.1, 0.15) is 0 Å². The smallest absolute Gasteiger partial charge is 0.356 e. The van der Waals surface area contributed by atoms with Crippen LogP contribution in [0.25, 0.3) is 0 Å². The molecule has 21 heavy (non-hydrogen) atoms. The summed E-state index contributed by atoms with van der Waals surface area (Å²) in [5, 5.41) is 14.1. The third kappa shape index (κ3) is 4.32. The minimum absolute atomic E-state index is 0.0207. The molecule has 1 aromatic heterocycles. The Morgan fingerprint density at radius 1 is 1.33 bits per heavy atom. The number of urea groups is 1. The van der Waals surface area contributed by atoms with E-state index < -0.39 is 5.97 Å². The number of carboxylic acid groups (broad SMARTS) is 1. The minimum Gasteiger partial charge on any atom is -0.476 e. The Labute approximate surface area is 129 Å². The highest BCUT2D eigenvalue weighted by Crippen LogP contribution is 2.20. The zero-order valence-corrected chi connectivity index (χ0v) is 12.5. The second kappa shape index (κ2) is 6.89. The van der Waals surface area contributed by atoms with Crippen molar-refractivity contribution in [3.63, 3.8) is 0 Å². The molecule has 0 saturated carbocycles. The Morgan fingerprint density at radius 2 is 2.10 bits per heavy atom. The van der Waals surface area contributed by atoms with Crippen LogP contribution in [-0.2, 0) is 6.54 Å². The molecule has 110 valence electrons. The molecule has 0 atom stereocenters. The van der Waals surface area contributed by atoms with Gasteiger partial charge in [0.25, 0.3) is 0 Å². The second-order valence-corrected chi connectivity index (χ2v) is 5.02. The van der Waals surface area contributed by atoms with Crippen LogP contribution in [0.4, 0.5) is 10.5 Å². The van der Waals surface area contributed by atoms with E-state index in [1.54, 1.807) is 10.6 Å². The fraction of sp³-hybridized carbons (Fsp3) is 0.154. The number of rotatable bonds is 5. The number of carbonyl (C=O) groups excluding carboxylic acids is 1. The molecule has 0 spiro atoms. The lowest BCUT2D eigenvalue weighted by molar-refractivity contribution is 0.0691. The minimum atomic E-state index is -1.08. The van der Waals surface area contributed by atoms with Crippen molar-refractivity contribution in [2.45, 2.75) is 6.54 Å². The molecule has 0 radical (unpaired) electrons. The van der Waals surface area contributed by atoms with E-state index in [1.165, 1.54) is 12.5 Å². The van der Waals surface area contributed by atoms with E-state index in [1.807, 2.05) is 18.2 Å². The average molecular weight is 353 g/mol. The summed E-state index contributed by atoms with van der Waals surface area (Å²) in [6.07, 6.45) is 2.83. The van der Waals surface area contributed by atoms with Crippen molar-refractivity contribution in [3.8, 4) is 0 Å². The van der Waals surface area contributed by atoms with Crippen molar-refractivity contribution >= 4 is 33.6 Å². The van der Waals surface area contributed by atoms with Crippen molar-refractivity contribution in [1.29, 1.82) is 0 Å². The maximum absolute atomic E-state index is 11.7. The van der Waals surface area contributed by atoms with E-state index >= 15 is 0 Å². The Morgan fingerprint density at radius 3 is 2.76 bits per heavy atom. The summed E-state index contributed by atoms with van der Waals surface area (Å²) in [7, 11) is 0. The molecule has 0 unspecified atom stereocenters. The molecule has 0 bridgehead atoms. The lowest BCUT2D eigenvalue weighted by Crippen LogP contribution is -2.31. The monoisotopic (exact) mass is 352 g/mol. The quantitative estimate of drug-likeness (QED) is 0.768. The maximum atomic E-state index is 11.7. The topological polar surface area (TPSA) is 96.2 Å². The van der Waals surface area contributed by atoms with E-state index in [9.17, 15) is 9.59 Å². The third-order valence-corrected chi connectivity index (χ3v) is 3.32. The molecule has 0 aliphatic carbocycles. The zero-order chi connectivity index (χ0) is 15.2. The number of carboxylic acids is 1. The number of nitrogens with one attached hydrogen (secondary N) is 2. The molecule has 3 N–H and O–H groups in total. The van der Waals surface area contributed by atoms with Gasteiger partial charge in [-0.2, -0.15) is 0 Å². The summed E-state index contributed by atoms with van der Waals surface area (Å²) < 4.78 is 2.39. The van der Waals surface area contributed by atoms with Gasteiger partial charge >= 0.3 is 12.0 Å². The highest BCUT2D eigenvalue weighted by Gasteiger charge is 2.07. The Bertz CT molecular complexity index is 656. The van der Waals surface area contributed by atoms with Crippen molar-refractivity contribution in [3.05, 3.63) is 47.0 Å². The Kier molecular flexibility index (Phi) is 4.94.